The monoisotopic (exact) mass is 324 g/mol. The Morgan fingerprint density at radius 2 is 1.84 bits per heavy atom. The number of carbonyl (C=O) groups is 1. The predicted molar refractivity (Wildman–Crippen MR) is 81.1 cm³/mol. The van der Waals surface area contributed by atoms with Gasteiger partial charge < -0.3 is 10.2 Å². The average molecular weight is 325 g/mol. The summed E-state index contributed by atoms with van der Waals surface area (Å²) in [4.78, 5) is 14.2. The van der Waals surface area contributed by atoms with Crippen LogP contribution in [0.25, 0.3) is 0 Å². The fourth-order valence-corrected chi connectivity index (χ4v) is 2.86. The molecule has 0 radical (unpaired) electrons. The minimum atomic E-state index is 0.267. The van der Waals surface area contributed by atoms with Gasteiger partial charge in [-0.15, -0.1) is 0 Å². The number of carbonyl (C=O) groups excluding carboxylic acids is 1. The summed E-state index contributed by atoms with van der Waals surface area (Å²) < 4.78 is 1.08. The Morgan fingerprint density at radius 1 is 1.26 bits per heavy atom. The Hall–Kier alpha value is -0.870. The lowest BCUT2D eigenvalue weighted by Crippen LogP contribution is -2.55. The zero-order valence-corrected chi connectivity index (χ0v) is 13.1. The molecule has 0 saturated carbocycles. The molecule has 1 heterocycles. The molecular weight excluding hydrogens is 304 g/mol. The molecule has 1 aliphatic heterocycles. The molecule has 0 aliphatic carbocycles. The zero-order chi connectivity index (χ0) is 13.8. The van der Waals surface area contributed by atoms with E-state index in [1.165, 1.54) is 5.56 Å². The van der Waals surface area contributed by atoms with Crippen molar-refractivity contribution >= 4 is 21.8 Å². The molecule has 1 N–H and O–H groups in total. The van der Waals surface area contributed by atoms with Gasteiger partial charge in [-0.3, -0.25) is 4.79 Å². The highest BCUT2D eigenvalue weighted by Gasteiger charge is 2.24. The SMILES string of the molecule is C[C@H]1CN(C(=O)CCc2ccc(Br)cc2)C[C@H](C)N1. The van der Waals surface area contributed by atoms with Crippen LogP contribution in [0.5, 0.6) is 0 Å². The molecule has 3 nitrogen and oxygen atoms in total. The fourth-order valence-electron chi connectivity index (χ4n) is 2.59. The molecule has 2 atom stereocenters. The van der Waals surface area contributed by atoms with Gasteiger partial charge in [-0.2, -0.15) is 0 Å². The number of hydrogen-bond donors (Lipinski definition) is 1. The van der Waals surface area contributed by atoms with Crippen molar-refractivity contribution in [2.24, 2.45) is 0 Å². The van der Waals surface area contributed by atoms with Gasteiger partial charge in [0.2, 0.25) is 5.91 Å². The number of benzene rings is 1. The Bertz CT molecular complexity index is 422. The van der Waals surface area contributed by atoms with Crippen LogP contribution in [0.15, 0.2) is 28.7 Å². The van der Waals surface area contributed by atoms with E-state index in [4.69, 9.17) is 0 Å². The van der Waals surface area contributed by atoms with Crippen LogP contribution in [0.2, 0.25) is 0 Å². The van der Waals surface area contributed by atoms with Crippen molar-refractivity contribution in [3.8, 4) is 0 Å². The van der Waals surface area contributed by atoms with E-state index in [0.717, 1.165) is 24.0 Å². The van der Waals surface area contributed by atoms with Gasteiger partial charge in [0, 0.05) is 36.1 Å². The Morgan fingerprint density at radius 3 is 2.42 bits per heavy atom. The quantitative estimate of drug-likeness (QED) is 0.926. The second-order valence-electron chi connectivity index (χ2n) is 5.39. The predicted octanol–water partition coefficient (Wildman–Crippen LogP) is 2.59. The van der Waals surface area contributed by atoms with E-state index in [9.17, 15) is 4.79 Å². The number of amides is 1. The molecule has 0 aromatic heterocycles. The van der Waals surface area contributed by atoms with Crippen molar-refractivity contribution in [2.45, 2.75) is 38.8 Å². The molecule has 4 heteroatoms. The zero-order valence-electron chi connectivity index (χ0n) is 11.5. The molecule has 0 bridgehead atoms. The summed E-state index contributed by atoms with van der Waals surface area (Å²) in [6.07, 6.45) is 1.42. The molecule has 1 saturated heterocycles. The van der Waals surface area contributed by atoms with Crippen LogP contribution in [-0.2, 0) is 11.2 Å². The van der Waals surface area contributed by atoms with Gasteiger partial charge in [-0.1, -0.05) is 28.1 Å². The van der Waals surface area contributed by atoms with Crippen LogP contribution in [0.1, 0.15) is 25.8 Å². The van der Waals surface area contributed by atoms with Crippen molar-refractivity contribution in [3.05, 3.63) is 34.3 Å². The Labute approximate surface area is 123 Å². The highest BCUT2D eigenvalue weighted by atomic mass is 79.9. The molecule has 1 aromatic carbocycles. The van der Waals surface area contributed by atoms with E-state index < -0.39 is 0 Å². The summed E-state index contributed by atoms with van der Waals surface area (Å²) in [5, 5.41) is 3.44. The van der Waals surface area contributed by atoms with Crippen molar-refractivity contribution in [1.29, 1.82) is 0 Å². The van der Waals surface area contributed by atoms with Crippen LogP contribution in [0.3, 0.4) is 0 Å². The summed E-state index contributed by atoms with van der Waals surface area (Å²) >= 11 is 3.42. The van der Waals surface area contributed by atoms with Crippen LogP contribution in [-0.4, -0.2) is 36.0 Å². The summed E-state index contributed by atoms with van der Waals surface area (Å²) in [7, 11) is 0. The summed E-state index contributed by atoms with van der Waals surface area (Å²) in [6.45, 7) is 5.91. The maximum atomic E-state index is 12.2. The van der Waals surface area contributed by atoms with Gasteiger partial charge >= 0.3 is 0 Å². The second kappa shape index (κ2) is 6.53. The third-order valence-electron chi connectivity index (χ3n) is 3.45. The van der Waals surface area contributed by atoms with Gasteiger partial charge in [0.05, 0.1) is 0 Å². The van der Waals surface area contributed by atoms with E-state index in [1.807, 2.05) is 17.0 Å². The fraction of sp³-hybridized carbons (Fsp3) is 0.533. The van der Waals surface area contributed by atoms with Crippen molar-refractivity contribution in [2.75, 3.05) is 13.1 Å². The largest absolute Gasteiger partial charge is 0.340 e. The van der Waals surface area contributed by atoms with Gasteiger partial charge in [0.15, 0.2) is 0 Å². The number of rotatable bonds is 3. The minimum Gasteiger partial charge on any atom is -0.340 e. The van der Waals surface area contributed by atoms with Gasteiger partial charge in [-0.25, -0.2) is 0 Å². The lowest BCUT2D eigenvalue weighted by Gasteiger charge is -2.36. The standard InChI is InChI=1S/C15H21BrN2O/c1-11-9-18(10-12(2)17-11)15(19)8-5-13-3-6-14(16)7-4-13/h3-4,6-7,11-12,17H,5,8-10H2,1-2H3/t11-,12-/m0/s1. The number of aryl methyl sites for hydroxylation is 1. The number of hydrogen-bond acceptors (Lipinski definition) is 2. The van der Waals surface area contributed by atoms with Crippen LogP contribution < -0.4 is 5.32 Å². The molecule has 0 unspecified atom stereocenters. The van der Waals surface area contributed by atoms with Crippen molar-refractivity contribution in [1.82, 2.24) is 10.2 Å². The van der Waals surface area contributed by atoms with E-state index in [2.05, 4.69) is 47.2 Å². The lowest BCUT2D eigenvalue weighted by molar-refractivity contribution is -0.132. The topological polar surface area (TPSA) is 32.3 Å². The van der Waals surface area contributed by atoms with Crippen LogP contribution in [0.4, 0.5) is 0 Å². The highest BCUT2D eigenvalue weighted by molar-refractivity contribution is 9.10. The first kappa shape index (κ1) is 14.5. The van der Waals surface area contributed by atoms with Gasteiger partial charge in [-0.05, 0) is 38.0 Å². The van der Waals surface area contributed by atoms with Gasteiger partial charge in [0.1, 0.15) is 0 Å². The molecular formula is C15H21BrN2O. The summed E-state index contributed by atoms with van der Waals surface area (Å²) in [5.41, 5.74) is 1.22. The summed E-state index contributed by atoms with van der Waals surface area (Å²) in [5.74, 6) is 0.267. The third kappa shape index (κ3) is 4.32. The lowest BCUT2D eigenvalue weighted by atomic mass is 10.1. The Balaban J connectivity index is 1.85. The molecule has 1 aliphatic rings. The molecule has 19 heavy (non-hydrogen) atoms. The van der Waals surface area contributed by atoms with Crippen molar-refractivity contribution in [3.63, 3.8) is 0 Å². The second-order valence-corrected chi connectivity index (χ2v) is 6.31. The van der Waals surface area contributed by atoms with E-state index >= 15 is 0 Å². The molecule has 0 spiro atoms. The first-order valence-corrected chi connectivity index (χ1v) is 7.62. The number of halogens is 1. The first-order valence-electron chi connectivity index (χ1n) is 6.83. The van der Waals surface area contributed by atoms with E-state index in [1.54, 1.807) is 0 Å². The number of nitrogens with zero attached hydrogens (tertiary/aromatic N) is 1. The molecule has 2 rings (SSSR count). The molecule has 1 amide bonds. The molecule has 104 valence electrons. The minimum absolute atomic E-state index is 0.267. The third-order valence-corrected chi connectivity index (χ3v) is 3.98. The molecule has 1 aromatic rings. The Kier molecular flexibility index (Phi) is 4.99. The van der Waals surface area contributed by atoms with Gasteiger partial charge in [0.25, 0.3) is 0 Å². The smallest absolute Gasteiger partial charge is 0.223 e. The average Bonchev–Trinajstić information content (AvgIpc) is 2.36. The maximum Gasteiger partial charge on any atom is 0.223 e. The van der Waals surface area contributed by atoms with Crippen molar-refractivity contribution < 1.29 is 4.79 Å². The first-order chi connectivity index (χ1) is 9.04. The van der Waals surface area contributed by atoms with E-state index in [0.29, 0.717) is 18.5 Å². The summed E-state index contributed by atoms with van der Waals surface area (Å²) in [6, 6.07) is 8.96. The van der Waals surface area contributed by atoms with E-state index in [-0.39, 0.29) is 5.91 Å². The molecule has 1 fully saturated rings. The van der Waals surface area contributed by atoms with Crippen LogP contribution in [0, 0.1) is 0 Å². The highest BCUT2D eigenvalue weighted by Crippen LogP contribution is 2.13. The van der Waals surface area contributed by atoms with Crippen LogP contribution >= 0.6 is 15.9 Å². The number of nitrogens with one attached hydrogen (secondary N) is 1. The maximum absolute atomic E-state index is 12.2. The number of piperazine rings is 1. The normalized spacial score (nSPS) is 23.4.